The zero-order valence-electron chi connectivity index (χ0n) is 19.4. The molecule has 3 aromatic rings. The lowest BCUT2D eigenvalue weighted by atomic mass is 9.72. The van der Waals surface area contributed by atoms with Crippen molar-refractivity contribution in [2.75, 3.05) is 13.1 Å². The lowest BCUT2D eigenvalue weighted by molar-refractivity contribution is -0.123. The Hall–Kier alpha value is -2.42. The molecule has 0 aliphatic carbocycles. The monoisotopic (exact) mass is 425 g/mol. The summed E-state index contributed by atoms with van der Waals surface area (Å²) in [6.45, 7) is 7.48. The van der Waals surface area contributed by atoms with Gasteiger partial charge in [0.25, 0.3) is 0 Å². The number of rotatable bonds is 7. The quantitative estimate of drug-likeness (QED) is 0.440. The van der Waals surface area contributed by atoms with Crippen molar-refractivity contribution in [3.63, 3.8) is 0 Å². The molecule has 3 aliphatic rings. The number of hydrogen-bond acceptors (Lipinski definition) is 2. The van der Waals surface area contributed by atoms with E-state index in [4.69, 9.17) is 4.74 Å². The molecule has 2 bridgehead atoms. The Kier molecular flexibility index (Phi) is 6.43. The van der Waals surface area contributed by atoms with Gasteiger partial charge in [0.05, 0.1) is 12.7 Å². The van der Waals surface area contributed by atoms with Crippen LogP contribution in [-0.4, -0.2) is 30.1 Å². The van der Waals surface area contributed by atoms with Gasteiger partial charge in [0.2, 0.25) is 0 Å². The van der Waals surface area contributed by atoms with Crippen molar-refractivity contribution >= 4 is 0 Å². The summed E-state index contributed by atoms with van der Waals surface area (Å²) in [5.41, 5.74) is 6.79. The van der Waals surface area contributed by atoms with Gasteiger partial charge in [0.15, 0.2) is 0 Å². The molecule has 3 aromatic carbocycles. The highest BCUT2D eigenvalue weighted by atomic mass is 16.5. The van der Waals surface area contributed by atoms with Crippen LogP contribution in [0.15, 0.2) is 78.9 Å². The maximum absolute atomic E-state index is 6.82. The van der Waals surface area contributed by atoms with Gasteiger partial charge < -0.3 is 4.74 Å². The molecule has 32 heavy (non-hydrogen) atoms. The van der Waals surface area contributed by atoms with Gasteiger partial charge in [-0.15, -0.1) is 0 Å². The normalized spacial score (nSPS) is 25.6. The molecule has 0 amide bonds. The molecule has 0 N–H and O–H groups in total. The van der Waals surface area contributed by atoms with E-state index in [0.717, 1.165) is 6.42 Å². The van der Waals surface area contributed by atoms with Crippen LogP contribution < -0.4 is 0 Å². The van der Waals surface area contributed by atoms with Gasteiger partial charge in [-0.25, -0.2) is 0 Å². The van der Waals surface area contributed by atoms with E-state index >= 15 is 0 Å². The fourth-order valence-electron chi connectivity index (χ4n) is 6.10. The summed E-state index contributed by atoms with van der Waals surface area (Å²) in [7, 11) is 0. The molecule has 166 valence electrons. The lowest BCUT2D eigenvalue weighted by Gasteiger charge is -2.53. The van der Waals surface area contributed by atoms with Crippen LogP contribution in [0.5, 0.6) is 0 Å². The molecule has 2 nitrogen and oxygen atoms in total. The zero-order valence-corrected chi connectivity index (χ0v) is 19.4. The molecule has 6 rings (SSSR count). The van der Waals surface area contributed by atoms with E-state index in [1.165, 1.54) is 53.7 Å². The maximum atomic E-state index is 6.82. The third kappa shape index (κ3) is 4.67. The van der Waals surface area contributed by atoms with Crippen LogP contribution in [0.3, 0.4) is 0 Å². The van der Waals surface area contributed by atoms with E-state index in [0.29, 0.717) is 24.5 Å². The van der Waals surface area contributed by atoms with Gasteiger partial charge in [-0.2, -0.15) is 0 Å². The van der Waals surface area contributed by atoms with E-state index < -0.39 is 0 Å². The number of piperidine rings is 3. The van der Waals surface area contributed by atoms with Crippen LogP contribution in [0.4, 0.5) is 0 Å². The van der Waals surface area contributed by atoms with Crippen LogP contribution in [0.1, 0.15) is 46.6 Å². The average molecular weight is 426 g/mol. The molecule has 0 aromatic heterocycles. The van der Waals surface area contributed by atoms with Gasteiger partial charge in [0, 0.05) is 12.0 Å². The summed E-state index contributed by atoms with van der Waals surface area (Å²) >= 11 is 0. The maximum Gasteiger partial charge on any atom is 0.0769 e. The molecule has 0 spiro atoms. The number of aryl methyl sites for hydroxylation is 2. The highest BCUT2D eigenvalue weighted by Crippen LogP contribution is 2.42. The van der Waals surface area contributed by atoms with Gasteiger partial charge in [-0.05, 0) is 68.8 Å². The number of fused-ring (bicyclic) bond motifs is 3. The Morgan fingerprint density at radius 3 is 2.09 bits per heavy atom. The second kappa shape index (κ2) is 9.60. The largest absolute Gasteiger partial charge is 0.372 e. The number of nitrogens with zero attached hydrogens (tertiary/aromatic N) is 1. The van der Waals surface area contributed by atoms with Crippen molar-refractivity contribution in [2.24, 2.45) is 5.92 Å². The summed E-state index contributed by atoms with van der Waals surface area (Å²) in [5, 5.41) is 0. The first-order chi connectivity index (χ1) is 15.7. The number of hydrogen-bond donors (Lipinski definition) is 0. The van der Waals surface area contributed by atoms with Gasteiger partial charge >= 0.3 is 0 Å². The van der Waals surface area contributed by atoms with Gasteiger partial charge in [-0.1, -0.05) is 90.0 Å². The van der Waals surface area contributed by atoms with Crippen molar-refractivity contribution in [1.82, 2.24) is 4.90 Å². The van der Waals surface area contributed by atoms with Crippen LogP contribution in [0.25, 0.3) is 0 Å². The van der Waals surface area contributed by atoms with Crippen molar-refractivity contribution in [3.8, 4) is 0 Å². The van der Waals surface area contributed by atoms with Crippen LogP contribution in [0, 0.1) is 19.8 Å². The summed E-state index contributed by atoms with van der Waals surface area (Å²) in [5.74, 6) is 1.10. The van der Waals surface area contributed by atoms with Crippen molar-refractivity contribution in [3.05, 3.63) is 107 Å². The Balaban J connectivity index is 1.44. The Morgan fingerprint density at radius 2 is 1.44 bits per heavy atom. The Morgan fingerprint density at radius 1 is 0.812 bits per heavy atom. The van der Waals surface area contributed by atoms with E-state index in [1.807, 2.05) is 0 Å². The summed E-state index contributed by atoms with van der Waals surface area (Å²) in [6.07, 6.45) is 3.87. The number of ether oxygens (including phenoxy) is 1. The molecule has 3 fully saturated rings. The molecule has 0 radical (unpaired) electrons. The SMILES string of the molecule is Cc1cc(C)cc(CO[C@H]2C3CCN(CC3)[C@H]2[C@H](Cc2ccccc2)c2ccccc2)c1. The summed E-state index contributed by atoms with van der Waals surface area (Å²) < 4.78 is 6.82. The molecular weight excluding hydrogens is 390 g/mol. The molecule has 3 saturated heterocycles. The molecular formula is C30H35NO. The first kappa shape index (κ1) is 21.4. The van der Waals surface area contributed by atoms with Gasteiger partial charge in [0.1, 0.15) is 0 Å². The van der Waals surface area contributed by atoms with Gasteiger partial charge in [-0.3, -0.25) is 4.90 Å². The summed E-state index contributed by atoms with van der Waals surface area (Å²) in [6, 6.07) is 29.4. The van der Waals surface area contributed by atoms with E-state index in [2.05, 4.69) is 97.6 Å². The Labute approximate surface area is 193 Å². The standard InChI is InChI=1S/C30H35NO/c1-22-17-23(2)19-25(18-22)21-32-30-27-13-15-31(16-14-27)29(30)28(26-11-7-4-8-12-26)20-24-9-5-3-6-10-24/h3-12,17-19,27-30H,13-16,20-21H2,1-2H3/t28-,29+,30+/m1/s1. The number of benzene rings is 3. The molecule has 3 heterocycles. The topological polar surface area (TPSA) is 12.5 Å². The third-order valence-corrected chi connectivity index (χ3v) is 7.46. The fourth-order valence-corrected chi connectivity index (χ4v) is 6.10. The van der Waals surface area contributed by atoms with Crippen LogP contribution in [-0.2, 0) is 17.8 Å². The molecule has 0 saturated carbocycles. The minimum absolute atomic E-state index is 0.284. The predicted molar refractivity (Wildman–Crippen MR) is 132 cm³/mol. The third-order valence-electron chi connectivity index (χ3n) is 7.46. The fraction of sp³-hybridized carbons (Fsp3) is 0.400. The molecule has 2 heteroatoms. The van der Waals surface area contributed by atoms with Crippen molar-refractivity contribution in [2.45, 2.75) is 57.8 Å². The van der Waals surface area contributed by atoms with Crippen molar-refractivity contribution < 1.29 is 4.74 Å². The van der Waals surface area contributed by atoms with Crippen LogP contribution in [0.2, 0.25) is 0 Å². The predicted octanol–water partition coefficient (Wildman–Crippen LogP) is 6.31. The van der Waals surface area contributed by atoms with E-state index in [1.54, 1.807) is 0 Å². The second-order valence-corrected chi connectivity index (χ2v) is 9.84. The van der Waals surface area contributed by atoms with Crippen molar-refractivity contribution in [1.29, 1.82) is 0 Å². The highest BCUT2D eigenvalue weighted by molar-refractivity contribution is 5.29. The molecule has 0 unspecified atom stereocenters. The highest BCUT2D eigenvalue weighted by Gasteiger charge is 2.46. The summed E-state index contributed by atoms with van der Waals surface area (Å²) in [4.78, 5) is 2.73. The smallest absolute Gasteiger partial charge is 0.0769 e. The molecule has 3 atom stereocenters. The first-order valence-electron chi connectivity index (χ1n) is 12.2. The minimum Gasteiger partial charge on any atom is -0.372 e. The zero-order chi connectivity index (χ0) is 21.9. The average Bonchev–Trinajstić information content (AvgIpc) is 2.82. The van der Waals surface area contributed by atoms with Crippen LogP contribution >= 0.6 is 0 Å². The first-order valence-corrected chi connectivity index (χ1v) is 12.2. The lowest BCUT2D eigenvalue weighted by Crippen LogP contribution is -2.61. The second-order valence-electron chi connectivity index (χ2n) is 9.84. The van der Waals surface area contributed by atoms with E-state index in [-0.39, 0.29) is 6.10 Å². The molecule has 3 aliphatic heterocycles. The minimum atomic E-state index is 0.284. The Bertz CT molecular complexity index is 987. The van der Waals surface area contributed by atoms with E-state index in [9.17, 15) is 0 Å².